The van der Waals surface area contributed by atoms with E-state index in [1.165, 1.54) is 12.1 Å². The molecule has 0 N–H and O–H groups in total. The Labute approximate surface area is 89.0 Å². The van der Waals surface area contributed by atoms with Crippen LogP contribution in [-0.4, -0.2) is 20.5 Å². The fourth-order valence-electron chi connectivity index (χ4n) is 1.46. The van der Waals surface area contributed by atoms with Crippen molar-refractivity contribution in [3.05, 3.63) is 29.8 Å². The molecule has 0 aromatic heterocycles. The lowest BCUT2D eigenvalue weighted by atomic mass is 10.1. The van der Waals surface area contributed by atoms with Crippen molar-refractivity contribution < 1.29 is 13.2 Å². The summed E-state index contributed by atoms with van der Waals surface area (Å²) in [5.41, 5.74) is 0.514. The fraction of sp³-hybridized carbons (Fsp3) is 0.364. The molecule has 0 atom stereocenters. The molecular weight excluding hydrogens is 212 g/mol. The van der Waals surface area contributed by atoms with Crippen molar-refractivity contribution in [2.45, 2.75) is 17.7 Å². The second-order valence-electron chi connectivity index (χ2n) is 3.94. The van der Waals surface area contributed by atoms with Crippen molar-refractivity contribution in [1.82, 2.24) is 0 Å². The molecule has 1 fully saturated rings. The molecule has 1 saturated carbocycles. The van der Waals surface area contributed by atoms with Crippen molar-refractivity contribution in [2.75, 3.05) is 6.26 Å². The van der Waals surface area contributed by atoms with Crippen LogP contribution in [0, 0.1) is 5.92 Å². The van der Waals surface area contributed by atoms with E-state index in [1.807, 2.05) is 0 Å². The van der Waals surface area contributed by atoms with Gasteiger partial charge in [-0.05, 0) is 25.0 Å². The van der Waals surface area contributed by atoms with Gasteiger partial charge >= 0.3 is 0 Å². The monoisotopic (exact) mass is 224 g/mol. The van der Waals surface area contributed by atoms with Crippen LogP contribution >= 0.6 is 0 Å². The Kier molecular flexibility index (Phi) is 2.38. The molecule has 1 aromatic rings. The number of rotatable bonds is 3. The summed E-state index contributed by atoms with van der Waals surface area (Å²) < 4.78 is 22.6. The van der Waals surface area contributed by atoms with Gasteiger partial charge in [-0.3, -0.25) is 4.79 Å². The zero-order valence-corrected chi connectivity index (χ0v) is 9.25. The van der Waals surface area contributed by atoms with Gasteiger partial charge < -0.3 is 0 Å². The number of carbonyl (C=O) groups is 1. The lowest BCUT2D eigenvalue weighted by molar-refractivity contribution is 0.0967. The molecule has 2 rings (SSSR count). The lowest BCUT2D eigenvalue weighted by Gasteiger charge is -2.01. The van der Waals surface area contributed by atoms with Crippen LogP contribution in [0.25, 0.3) is 0 Å². The number of ketones is 1. The molecule has 0 spiro atoms. The van der Waals surface area contributed by atoms with E-state index in [1.54, 1.807) is 12.1 Å². The van der Waals surface area contributed by atoms with E-state index in [-0.39, 0.29) is 16.6 Å². The van der Waals surface area contributed by atoms with Crippen molar-refractivity contribution >= 4 is 15.6 Å². The molecule has 15 heavy (non-hydrogen) atoms. The molecule has 0 unspecified atom stereocenters. The van der Waals surface area contributed by atoms with Gasteiger partial charge in [-0.25, -0.2) is 8.42 Å². The highest BCUT2D eigenvalue weighted by Crippen LogP contribution is 2.32. The summed E-state index contributed by atoms with van der Waals surface area (Å²) in [6.07, 6.45) is 3.01. The molecule has 0 radical (unpaired) electrons. The molecule has 4 heteroatoms. The van der Waals surface area contributed by atoms with Crippen LogP contribution in [-0.2, 0) is 9.84 Å². The standard InChI is InChI=1S/C11H12O3S/c1-15(13,14)10-4-2-3-9(7-10)11(12)8-5-6-8/h2-4,7-8H,5-6H2,1H3. The van der Waals surface area contributed by atoms with E-state index in [0.717, 1.165) is 19.1 Å². The van der Waals surface area contributed by atoms with Gasteiger partial charge in [0.15, 0.2) is 15.6 Å². The SMILES string of the molecule is CS(=O)(=O)c1cccc(C(=O)C2CC2)c1. The molecule has 1 aromatic carbocycles. The third-order valence-corrected chi connectivity index (χ3v) is 3.61. The quantitative estimate of drug-likeness (QED) is 0.734. The van der Waals surface area contributed by atoms with Gasteiger partial charge in [0.1, 0.15) is 0 Å². The van der Waals surface area contributed by atoms with Crippen molar-refractivity contribution in [2.24, 2.45) is 5.92 Å². The predicted molar refractivity (Wildman–Crippen MR) is 56.6 cm³/mol. The first-order valence-electron chi connectivity index (χ1n) is 4.83. The van der Waals surface area contributed by atoms with E-state index in [2.05, 4.69) is 0 Å². The topological polar surface area (TPSA) is 51.2 Å². The van der Waals surface area contributed by atoms with Crippen molar-refractivity contribution in [3.63, 3.8) is 0 Å². The smallest absolute Gasteiger partial charge is 0.175 e. The summed E-state index contributed by atoms with van der Waals surface area (Å²) in [4.78, 5) is 11.9. The van der Waals surface area contributed by atoms with E-state index >= 15 is 0 Å². The Morgan fingerprint density at radius 2 is 2.00 bits per heavy atom. The molecule has 0 amide bonds. The van der Waals surface area contributed by atoms with Crippen molar-refractivity contribution in [3.8, 4) is 0 Å². The zero-order valence-electron chi connectivity index (χ0n) is 8.43. The Balaban J connectivity index is 2.38. The van der Waals surface area contributed by atoms with Gasteiger partial charge in [-0.2, -0.15) is 0 Å². The number of sulfone groups is 1. The van der Waals surface area contributed by atoms with Crippen LogP contribution in [0.15, 0.2) is 29.2 Å². The summed E-state index contributed by atoms with van der Waals surface area (Å²) in [6, 6.07) is 6.27. The minimum absolute atomic E-state index is 0.0699. The molecule has 80 valence electrons. The van der Waals surface area contributed by atoms with E-state index in [9.17, 15) is 13.2 Å². The summed E-state index contributed by atoms with van der Waals surface area (Å²) >= 11 is 0. The van der Waals surface area contributed by atoms with Crippen LogP contribution in [0.1, 0.15) is 23.2 Å². The van der Waals surface area contributed by atoms with E-state index in [0.29, 0.717) is 5.56 Å². The van der Waals surface area contributed by atoms with Gasteiger partial charge in [0.05, 0.1) is 4.90 Å². The number of Topliss-reactive ketones (excluding diaryl/α,β-unsaturated/α-hetero) is 1. The van der Waals surface area contributed by atoms with Gasteiger partial charge in [0.2, 0.25) is 0 Å². The Bertz CT molecular complexity index is 498. The molecule has 0 saturated heterocycles. The second kappa shape index (κ2) is 3.45. The zero-order chi connectivity index (χ0) is 11.1. The Morgan fingerprint density at radius 1 is 1.33 bits per heavy atom. The first kappa shape index (κ1) is 10.4. The molecule has 0 aliphatic heterocycles. The first-order valence-corrected chi connectivity index (χ1v) is 6.72. The maximum Gasteiger partial charge on any atom is 0.175 e. The second-order valence-corrected chi connectivity index (χ2v) is 5.95. The number of hydrogen-bond donors (Lipinski definition) is 0. The van der Waals surface area contributed by atoms with E-state index in [4.69, 9.17) is 0 Å². The highest BCUT2D eigenvalue weighted by Gasteiger charge is 2.30. The summed E-state index contributed by atoms with van der Waals surface area (Å²) in [7, 11) is -3.22. The number of hydrogen-bond acceptors (Lipinski definition) is 3. The molecule has 3 nitrogen and oxygen atoms in total. The average molecular weight is 224 g/mol. The van der Waals surface area contributed by atoms with Gasteiger partial charge in [0, 0.05) is 17.7 Å². The summed E-state index contributed by atoms with van der Waals surface area (Å²) in [5.74, 6) is 0.195. The highest BCUT2D eigenvalue weighted by atomic mass is 32.2. The third-order valence-electron chi connectivity index (χ3n) is 2.49. The highest BCUT2D eigenvalue weighted by molar-refractivity contribution is 7.90. The maximum atomic E-state index is 11.7. The van der Waals surface area contributed by atoms with Gasteiger partial charge in [0.25, 0.3) is 0 Å². The molecule has 0 bridgehead atoms. The molecule has 1 aliphatic rings. The van der Waals surface area contributed by atoms with Crippen LogP contribution in [0.5, 0.6) is 0 Å². The largest absolute Gasteiger partial charge is 0.294 e. The number of benzene rings is 1. The number of carbonyl (C=O) groups excluding carboxylic acids is 1. The normalized spacial score (nSPS) is 16.3. The minimum Gasteiger partial charge on any atom is -0.294 e. The van der Waals surface area contributed by atoms with Crippen LogP contribution in [0.4, 0.5) is 0 Å². The van der Waals surface area contributed by atoms with Gasteiger partial charge in [-0.15, -0.1) is 0 Å². The summed E-state index contributed by atoms with van der Waals surface area (Å²) in [5, 5.41) is 0. The molecular formula is C11H12O3S. The lowest BCUT2D eigenvalue weighted by Crippen LogP contribution is -2.04. The Morgan fingerprint density at radius 3 is 2.53 bits per heavy atom. The minimum atomic E-state index is -3.22. The van der Waals surface area contributed by atoms with Gasteiger partial charge in [-0.1, -0.05) is 12.1 Å². The molecule has 0 heterocycles. The van der Waals surface area contributed by atoms with E-state index < -0.39 is 9.84 Å². The van der Waals surface area contributed by atoms with Crippen LogP contribution in [0.3, 0.4) is 0 Å². The van der Waals surface area contributed by atoms with Crippen LogP contribution in [0.2, 0.25) is 0 Å². The molecule has 1 aliphatic carbocycles. The predicted octanol–water partition coefficient (Wildman–Crippen LogP) is 1.68. The average Bonchev–Trinajstić information content (AvgIpc) is 2.99. The summed E-state index contributed by atoms with van der Waals surface area (Å²) in [6.45, 7) is 0. The first-order chi connectivity index (χ1) is 6.98. The fourth-order valence-corrected chi connectivity index (χ4v) is 2.13. The Hall–Kier alpha value is -1.16. The third kappa shape index (κ3) is 2.26. The van der Waals surface area contributed by atoms with Crippen molar-refractivity contribution in [1.29, 1.82) is 0 Å². The maximum absolute atomic E-state index is 11.7. The van der Waals surface area contributed by atoms with Crippen LogP contribution < -0.4 is 0 Å².